The molecule has 5 nitrogen and oxygen atoms in total. The number of nitrogens with one attached hydrogen (secondary N) is 1. The molecule has 1 aliphatic rings. The van der Waals surface area contributed by atoms with E-state index in [9.17, 15) is 4.79 Å². The lowest BCUT2D eigenvalue weighted by Gasteiger charge is -2.11. The number of ether oxygens (including phenoxy) is 2. The second-order valence-corrected chi connectivity index (χ2v) is 6.05. The third-order valence-corrected chi connectivity index (χ3v) is 3.90. The van der Waals surface area contributed by atoms with Gasteiger partial charge in [-0.2, -0.15) is 0 Å². The van der Waals surface area contributed by atoms with Crippen LogP contribution in [0.2, 0.25) is 0 Å². The van der Waals surface area contributed by atoms with Gasteiger partial charge in [0.25, 0.3) is 0 Å². The average molecular weight is 302 g/mol. The number of aromatic amines is 1. The summed E-state index contributed by atoms with van der Waals surface area (Å²) in [5, 5.41) is 1.08. The van der Waals surface area contributed by atoms with Gasteiger partial charge in [-0.3, -0.25) is 4.79 Å². The van der Waals surface area contributed by atoms with Gasteiger partial charge in [0.2, 0.25) is 6.79 Å². The van der Waals surface area contributed by atoms with E-state index in [1.165, 1.54) is 5.56 Å². The number of hydrogen-bond donors (Lipinski definition) is 1. The zero-order valence-electron chi connectivity index (χ0n) is 13.1. The first-order valence-electron chi connectivity index (χ1n) is 7.68. The van der Waals surface area contributed by atoms with E-state index in [-0.39, 0.29) is 18.7 Å². The van der Waals surface area contributed by atoms with Crippen LogP contribution in [0.1, 0.15) is 18.4 Å². The van der Waals surface area contributed by atoms with Crippen molar-refractivity contribution in [3.8, 4) is 5.75 Å². The summed E-state index contributed by atoms with van der Waals surface area (Å²) in [6.07, 6.45) is 4.86. The first-order valence-corrected chi connectivity index (χ1v) is 7.68. The van der Waals surface area contributed by atoms with Crippen molar-refractivity contribution >= 4 is 16.9 Å². The van der Waals surface area contributed by atoms with Gasteiger partial charge >= 0.3 is 5.97 Å². The summed E-state index contributed by atoms with van der Waals surface area (Å²) in [7, 11) is 4.12. The van der Waals surface area contributed by atoms with Crippen molar-refractivity contribution < 1.29 is 14.3 Å². The molecular formula is C17H22N2O3. The lowest BCUT2D eigenvalue weighted by molar-refractivity contribution is -0.151. The van der Waals surface area contributed by atoms with Crippen molar-refractivity contribution in [2.24, 2.45) is 5.92 Å². The maximum absolute atomic E-state index is 11.5. The predicted molar refractivity (Wildman–Crippen MR) is 84.9 cm³/mol. The van der Waals surface area contributed by atoms with Gasteiger partial charge in [-0.25, -0.2) is 0 Å². The summed E-state index contributed by atoms with van der Waals surface area (Å²) >= 11 is 0. The van der Waals surface area contributed by atoms with Gasteiger partial charge in [0.15, 0.2) is 0 Å². The normalized spacial score (nSPS) is 14.5. The Morgan fingerprint density at radius 1 is 1.36 bits per heavy atom. The number of benzene rings is 1. The molecule has 1 saturated carbocycles. The Balaban J connectivity index is 1.70. The molecule has 1 N–H and O–H groups in total. The van der Waals surface area contributed by atoms with Crippen LogP contribution >= 0.6 is 0 Å². The number of carbonyl (C=O) groups is 1. The van der Waals surface area contributed by atoms with Gasteiger partial charge in [0.05, 0.1) is 5.92 Å². The lowest BCUT2D eigenvalue weighted by Crippen LogP contribution is -2.15. The fourth-order valence-electron chi connectivity index (χ4n) is 2.47. The molecule has 1 aromatic carbocycles. The lowest BCUT2D eigenvalue weighted by atomic mass is 10.1. The smallest absolute Gasteiger partial charge is 0.311 e. The number of H-pyrrole nitrogens is 1. The highest BCUT2D eigenvalue weighted by Gasteiger charge is 2.31. The van der Waals surface area contributed by atoms with E-state index in [2.05, 4.69) is 24.0 Å². The molecule has 0 saturated heterocycles. The Labute approximate surface area is 130 Å². The topological polar surface area (TPSA) is 54.6 Å². The molecule has 5 heteroatoms. The Hall–Kier alpha value is -2.01. The molecule has 1 heterocycles. The maximum atomic E-state index is 11.5. The van der Waals surface area contributed by atoms with E-state index in [4.69, 9.17) is 9.47 Å². The molecular weight excluding hydrogens is 280 g/mol. The average Bonchev–Trinajstić information content (AvgIpc) is 3.26. The number of rotatable bonds is 7. The minimum Gasteiger partial charge on any atom is -0.457 e. The van der Waals surface area contributed by atoms with Crippen LogP contribution in [-0.2, 0) is 16.0 Å². The molecule has 3 rings (SSSR count). The van der Waals surface area contributed by atoms with E-state index in [1.54, 1.807) is 0 Å². The number of nitrogens with zero attached hydrogens (tertiary/aromatic N) is 1. The standard InChI is InChI=1S/C17H22N2O3/c1-19(2)9-8-13-10-18-14-4-3-5-15(16(13)14)21-11-22-17(20)12-6-7-12/h3-5,10,12,18H,6-9,11H2,1-2H3. The quantitative estimate of drug-likeness (QED) is 0.631. The first-order chi connectivity index (χ1) is 10.6. The molecule has 1 fully saturated rings. The van der Waals surface area contributed by atoms with E-state index >= 15 is 0 Å². The summed E-state index contributed by atoms with van der Waals surface area (Å²) in [6, 6.07) is 5.88. The Morgan fingerprint density at radius 3 is 2.91 bits per heavy atom. The Morgan fingerprint density at radius 2 is 2.18 bits per heavy atom. The molecule has 0 bridgehead atoms. The monoisotopic (exact) mass is 302 g/mol. The van der Waals surface area contributed by atoms with Gasteiger partial charge < -0.3 is 19.4 Å². The van der Waals surface area contributed by atoms with Crippen molar-refractivity contribution in [1.29, 1.82) is 0 Å². The molecule has 0 spiro atoms. The van der Waals surface area contributed by atoms with E-state index in [1.807, 2.05) is 24.4 Å². The van der Waals surface area contributed by atoms with Gasteiger partial charge in [-0.1, -0.05) is 6.07 Å². The molecule has 1 aliphatic carbocycles. The van der Waals surface area contributed by atoms with Crippen molar-refractivity contribution in [3.63, 3.8) is 0 Å². The van der Waals surface area contributed by atoms with Crippen LogP contribution < -0.4 is 4.74 Å². The molecule has 0 aliphatic heterocycles. The zero-order valence-corrected chi connectivity index (χ0v) is 13.1. The maximum Gasteiger partial charge on any atom is 0.311 e. The third-order valence-electron chi connectivity index (χ3n) is 3.90. The fraction of sp³-hybridized carbons (Fsp3) is 0.471. The second kappa shape index (κ2) is 6.40. The number of hydrogen-bond acceptors (Lipinski definition) is 4. The van der Waals surface area contributed by atoms with Gasteiger partial charge in [0.1, 0.15) is 5.75 Å². The van der Waals surface area contributed by atoms with Crippen molar-refractivity contribution in [3.05, 3.63) is 30.0 Å². The largest absolute Gasteiger partial charge is 0.457 e. The van der Waals surface area contributed by atoms with Gasteiger partial charge in [-0.15, -0.1) is 0 Å². The number of fused-ring (bicyclic) bond motifs is 1. The molecule has 22 heavy (non-hydrogen) atoms. The first kappa shape index (κ1) is 14.9. The zero-order chi connectivity index (χ0) is 15.5. The SMILES string of the molecule is CN(C)CCc1c[nH]c2cccc(OCOC(=O)C3CC3)c12. The second-order valence-electron chi connectivity index (χ2n) is 6.05. The molecule has 0 radical (unpaired) electrons. The minimum atomic E-state index is -0.144. The Kier molecular flexibility index (Phi) is 4.34. The van der Waals surface area contributed by atoms with Gasteiger partial charge in [-0.05, 0) is 51.1 Å². The van der Waals surface area contributed by atoms with Crippen LogP contribution in [0.3, 0.4) is 0 Å². The molecule has 2 aromatic rings. The van der Waals surface area contributed by atoms with Crippen molar-refractivity contribution in [1.82, 2.24) is 9.88 Å². The van der Waals surface area contributed by atoms with Crippen LogP contribution in [0, 0.1) is 5.92 Å². The molecule has 0 amide bonds. The van der Waals surface area contributed by atoms with E-state index in [0.717, 1.165) is 42.5 Å². The summed E-state index contributed by atoms with van der Waals surface area (Å²) in [4.78, 5) is 17.0. The van der Waals surface area contributed by atoms with E-state index < -0.39 is 0 Å². The summed E-state index contributed by atoms with van der Waals surface area (Å²) < 4.78 is 10.9. The molecule has 0 atom stereocenters. The number of likely N-dealkylation sites (N-methyl/N-ethyl adjacent to an activating group) is 1. The van der Waals surface area contributed by atoms with Crippen LogP contribution in [-0.4, -0.2) is 43.3 Å². The highest BCUT2D eigenvalue weighted by molar-refractivity contribution is 5.89. The highest BCUT2D eigenvalue weighted by Crippen LogP contribution is 2.31. The third kappa shape index (κ3) is 3.42. The summed E-state index contributed by atoms with van der Waals surface area (Å²) in [6.45, 7) is 0.949. The minimum absolute atomic E-state index is 0.0211. The number of esters is 1. The van der Waals surface area contributed by atoms with Crippen LogP contribution in [0.5, 0.6) is 5.75 Å². The molecule has 1 aromatic heterocycles. The van der Waals surface area contributed by atoms with Crippen LogP contribution in [0.15, 0.2) is 24.4 Å². The Bertz CT molecular complexity index is 659. The van der Waals surface area contributed by atoms with Crippen molar-refractivity contribution in [2.45, 2.75) is 19.3 Å². The predicted octanol–water partition coefficient (Wildman–Crippen LogP) is 2.56. The van der Waals surface area contributed by atoms with Crippen LogP contribution in [0.25, 0.3) is 10.9 Å². The summed E-state index contributed by atoms with van der Waals surface area (Å²) in [5.41, 5.74) is 2.26. The fourth-order valence-corrected chi connectivity index (χ4v) is 2.47. The number of aromatic nitrogens is 1. The molecule has 118 valence electrons. The highest BCUT2D eigenvalue weighted by atomic mass is 16.7. The van der Waals surface area contributed by atoms with Crippen molar-refractivity contribution in [2.75, 3.05) is 27.4 Å². The number of carbonyl (C=O) groups excluding carboxylic acids is 1. The summed E-state index contributed by atoms with van der Waals surface area (Å²) in [5.74, 6) is 0.715. The molecule has 0 unspecified atom stereocenters. The van der Waals surface area contributed by atoms with Crippen LogP contribution in [0.4, 0.5) is 0 Å². The van der Waals surface area contributed by atoms with Gasteiger partial charge in [0, 0.05) is 23.6 Å². The van der Waals surface area contributed by atoms with E-state index in [0.29, 0.717) is 0 Å².